The number of nitrogens with zero attached hydrogens (tertiary/aromatic N) is 1. The van der Waals surface area contributed by atoms with Crippen LogP contribution >= 0.6 is 0 Å². The first-order valence-corrected chi connectivity index (χ1v) is 6.81. The van der Waals surface area contributed by atoms with Crippen LogP contribution in [0.4, 0.5) is 0 Å². The maximum absolute atomic E-state index is 10.9. The third-order valence-electron chi connectivity index (χ3n) is 3.55. The van der Waals surface area contributed by atoms with Crippen LogP contribution in [-0.2, 0) is 13.0 Å². The molecule has 4 heteroatoms. The van der Waals surface area contributed by atoms with E-state index < -0.39 is 5.97 Å². The maximum Gasteiger partial charge on any atom is 0.354 e. The number of aromatic carboxylic acids is 1. The van der Waals surface area contributed by atoms with Crippen molar-refractivity contribution >= 4 is 5.97 Å². The highest BCUT2D eigenvalue weighted by Gasteiger charge is 2.22. The molecular weight excluding hydrogens is 240 g/mol. The van der Waals surface area contributed by atoms with E-state index in [1.54, 1.807) is 6.07 Å². The molecule has 1 atom stereocenters. The minimum absolute atomic E-state index is 0.148. The van der Waals surface area contributed by atoms with Crippen LogP contribution in [0.5, 0.6) is 0 Å². The van der Waals surface area contributed by atoms with Gasteiger partial charge in [-0.3, -0.25) is 0 Å². The zero-order valence-electron chi connectivity index (χ0n) is 11.9. The third kappa shape index (κ3) is 3.77. The Hall–Kier alpha value is -1.42. The van der Waals surface area contributed by atoms with Crippen molar-refractivity contribution in [1.82, 2.24) is 10.3 Å². The van der Waals surface area contributed by atoms with Crippen molar-refractivity contribution in [1.29, 1.82) is 0 Å². The maximum atomic E-state index is 10.9. The van der Waals surface area contributed by atoms with Crippen molar-refractivity contribution in [3.63, 3.8) is 0 Å². The second-order valence-corrected chi connectivity index (χ2v) is 6.49. The van der Waals surface area contributed by atoms with Crippen molar-refractivity contribution in [2.75, 3.05) is 0 Å². The molecule has 19 heavy (non-hydrogen) atoms. The zero-order valence-corrected chi connectivity index (χ0v) is 11.9. The molecule has 0 saturated heterocycles. The predicted octanol–water partition coefficient (Wildman–Crippen LogP) is 2.62. The third-order valence-corrected chi connectivity index (χ3v) is 3.55. The lowest BCUT2D eigenvalue weighted by Crippen LogP contribution is -2.37. The molecule has 2 heterocycles. The van der Waals surface area contributed by atoms with Gasteiger partial charge < -0.3 is 10.4 Å². The number of fused-ring (bicyclic) bond motifs is 1. The highest BCUT2D eigenvalue weighted by atomic mass is 16.4. The number of aromatic nitrogens is 1. The van der Waals surface area contributed by atoms with Crippen molar-refractivity contribution in [3.05, 3.63) is 29.1 Å². The van der Waals surface area contributed by atoms with E-state index in [9.17, 15) is 4.79 Å². The lowest BCUT2D eigenvalue weighted by atomic mass is 9.86. The Balaban J connectivity index is 2.05. The Morgan fingerprint density at radius 3 is 2.84 bits per heavy atom. The van der Waals surface area contributed by atoms with Gasteiger partial charge in [-0.2, -0.15) is 0 Å². The summed E-state index contributed by atoms with van der Waals surface area (Å²) < 4.78 is 0. The molecule has 0 aliphatic carbocycles. The smallest absolute Gasteiger partial charge is 0.354 e. The topological polar surface area (TPSA) is 62.2 Å². The highest BCUT2D eigenvalue weighted by molar-refractivity contribution is 5.85. The van der Waals surface area contributed by atoms with E-state index in [0.29, 0.717) is 11.5 Å². The number of carboxylic acid groups (broad SMARTS) is 1. The Bertz CT molecular complexity index is 478. The molecule has 0 aromatic carbocycles. The average molecular weight is 262 g/mol. The van der Waals surface area contributed by atoms with Crippen LogP contribution in [-0.4, -0.2) is 22.1 Å². The Morgan fingerprint density at radius 2 is 2.21 bits per heavy atom. The Morgan fingerprint density at radius 1 is 1.47 bits per heavy atom. The Labute approximate surface area is 114 Å². The molecule has 0 spiro atoms. The molecule has 0 amide bonds. The lowest BCUT2D eigenvalue weighted by molar-refractivity contribution is 0.0690. The van der Waals surface area contributed by atoms with Gasteiger partial charge in [0.05, 0.1) is 0 Å². The van der Waals surface area contributed by atoms with Gasteiger partial charge in [-0.15, -0.1) is 0 Å². The SMILES string of the molecule is CC(C)(C)CCC1Cc2nc(C(=O)O)ccc2CN1. The van der Waals surface area contributed by atoms with E-state index in [1.807, 2.05) is 6.07 Å². The van der Waals surface area contributed by atoms with Gasteiger partial charge in [-0.1, -0.05) is 26.8 Å². The minimum Gasteiger partial charge on any atom is -0.477 e. The molecule has 0 radical (unpaired) electrons. The summed E-state index contributed by atoms with van der Waals surface area (Å²) in [5.74, 6) is -0.951. The molecule has 0 bridgehead atoms. The van der Waals surface area contributed by atoms with Gasteiger partial charge in [0, 0.05) is 24.7 Å². The molecule has 2 rings (SSSR count). The van der Waals surface area contributed by atoms with E-state index in [-0.39, 0.29) is 5.69 Å². The minimum atomic E-state index is -0.951. The summed E-state index contributed by atoms with van der Waals surface area (Å²) in [5.41, 5.74) is 2.54. The van der Waals surface area contributed by atoms with Crippen molar-refractivity contribution in [2.45, 2.75) is 52.6 Å². The molecule has 1 aliphatic heterocycles. The zero-order chi connectivity index (χ0) is 14.0. The summed E-state index contributed by atoms with van der Waals surface area (Å²) in [6.07, 6.45) is 3.08. The van der Waals surface area contributed by atoms with Crippen LogP contribution in [0.25, 0.3) is 0 Å². The number of nitrogens with one attached hydrogen (secondary N) is 1. The van der Waals surface area contributed by atoms with E-state index in [2.05, 4.69) is 31.1 Å². The number of hydrogen-bond donors (Lipinski definition) is 2. The number of pyridine rings is 1. The van der Waals surface area contributed by atoms with Gasteiger partial charge in [0.1, 0.15) is 5.69 Å². The molecule has 1 unspecified atom stereocenters. The summed E-state index contributed by atoms with van der Waals surface area (Å²) in [5, 5.41) is 12.5. The first-order chi connectivity index (χ1) is 8.85. The lowest BCUT2D eigenvalue weighted by Gasteiger charge is -2.28. The van der Waals surface area contributed by atoms with Crippen LogP contribution in [0.3, 0.4) is 0 Å². The van der Waals surface area contributed by atoms with Crippen molar-refractivity contribution < 1.29 is 9.90 Å². The van der Waals surface area contributed by atoms with Gasteiger partial charge in [-0.25, -0.2) is 9.78 Å². The average Bonchev–Trinajstić information content (AvgIpc) is 2.34. The largest absolute Gasteiger partial charge is 0.477 e. The molecule has 104 valence electrons. The second kappa shape index (κ2) is 5.29. The molecule has 1 aliphatic rings. The number of carboxylic acids is 1. The van der Waals surface area contributed by atoms with Crippen LogP contribution in [0.2, 0.25) is 0 Å². The van der Waals surface area contributed by atoms with Crippen molar-refractivity contribution in [2.24, 2.45) is 5.41 Å². The van der Waals surface area contributed by atoms with E-state index in [4.69, 9.17) is 5.11 Å². The van der Waals surface area contributed by atoms with E-state index >= 15 is 0 Å². The monoisotopic (exact) mass is 262 g/mol. The fourth-order valence-corrected chi connectivity index (χ4v) is 2.36. The molecule has 2 N–H and O–H groups in total. The van der Waals surface area contributed by atoms with Gasteiger partial charge >= 0.3 is 5.97 Å². The number of hydrogen-bond acceptors (Lipinski definition) is 3. The second-order valence-electron chi connectivity index (χ2n) is 6.49. The van der Waals surface area contributed by atoms with Gasteiger partial charge in [0.15, 0.2) is 0 Å². The van der Waals surface area contributed by atoms with Crippen LogP contribution in [0.1, 0.15) is 55.4 Å². The van der Waals surface area contributed by atoms with E-state index in [0.717, 1.165) is 37.1 Å². The quantitative estimate of drug-likeness (QED) is 0.879. The molecular formula is C15H22N2O2. The van der Waals surface area contributed by atoms with Crippen LogP contribution < -0.4 is 5.32 Å². The molecule has 4 nitrogen and oxygen atoms in total. The molecule has 0 saturated carbocycles. The van der Waals surface area contributed by atoms with Gasteiger partial charge in [0.2, 0.25) is 0 Å². The first kappa shape index (κ1) is 14.0. The summed E-state index contributed by atoms with van der Waals surface area (Å²) in [6, 6.07) is 3.86. The fraction of sp³-hybridized carbons (Fsp3) is 0.600. The summed E-state index contributed by atoms with van der Waals surface area (Å²) >= 11 is 0. The number of carbonyl (C=O) groups is 1. The summed E-state index contributed by atoms with van der Waals surface area (Å²) in [6.45, 7) is 7.51. The van der Waals surface area contributed by atoms with Gasteiger partial charge in [-0.05, 0) is 29.9 Å². The standard InChI is InChI=1S/C15H22N2O2/c1-15(2,3)7-6-11-8-13-10(9-16-11)4-5-12(17-13)14(18)19/h4-5,11,16H,6-9H2,1-3H3,(H,18,19). The molecule has 1 aromatic rings. The van der Waals surface area contributed by atoms with Gasteiger partial charge in [0.25, 0.3) is 0 Å². The first-order valence-electron chi connectivity index (χ1n) is 6.81. The normalized spacial score (nSPS) is 19.0. The molecule has 1 aromatic heterocycles. The summed E-state index contributed by atoms with van der Waals surface area (Å²) in [7, 11) is 0. The van der Waals surface area contributed by atoms with E-state index in [1.165, 1.54) is 0 Å². The van der Waals surface area contributed by atoms with Crippen LogP contribution in [0, 0.1) is 5.41 Å². The van der Waals surface area contributed by atoms with Crippen molar-refractivity contribution in [3.8, 4) is 0 Å². The Kier molecular flexibility index (Phi) is 3.90. The van der Waals surface area contributed by atoms with Crippen LogP contribution in [0.15, 0.2) is 12.1 Å². The summed E-state index contributed by atoms with van der Waals surface area (Å²) in [4.78, 5) is 15.2. The highest BCUT2D eigenvalue weighted by Crippen LogP contribution is 2.24. The number of rotatable bonds is 3. The predicted molar refractivity (Wildman–Crippen MR) is 74.2 cm³/mol. The fourth-order valence-electron chi connectivity index (χ4n) is 2.36. The molecule has 0 fully saturated rings.